The molecule has 0 spiro atoms. The Morgan fingerprint density at radius 1 is 1.10 bits per heavy atom. The number of hydrogen-bond acceptors (Lipinski definition) is 4. The van der Waals surface area contributed by atoms with Crippen molar-refractivity contribution in [3.63, 3.8) is 0 Å². The number of rotatable bonds is 5. The zero-order valence-corrected chi connectivity index (χ0v) is 13.8. The van der Waals surface area contributed by atoms with Crippen LogP contribution in [0.15, 0.2) is 47.5 Å². The molecule has 0 saturated heterocycles. The fraction of sp³-hybridized carbons (Fsp3) is 0.353. The molecule has 1 aromatic heterocycles. The highest BCUT2D eigenvalue weighted by atomic mass is 32.2. The van der Waals surface area contributed by atoms with E-state index in [0.29, 0.717) is 0 Å². The molecular formula is C17H22N2OS. The van der Waals surface area contributed by atoms with Crippen LogP contribution in [0.5, 0.6) is 11.5 Å². The second-order valence-electron chi connectivity index (χ2n) is 5.86. The summed E-state index contributed by atoms with van der Waals surface area (Å²) in [5.74, 6) is 1.65. The molecule has 0 saturated carbocycles. The summed E-state index contributed by atoms with van der Waals surface area (Å²) >= 11 is 1.72. The van der Waals surface area contributed by atoms with Gasteiger partial charge in [0, 0.05) is 29.2 Å². The van der Waals surface area contributed by atoms with Crippen LogP contribution in [-0.2, 0) is 6.54 Å². The molecule has 0 fully saturated rings. The Morgan fingerprint density at radius 2 is 1.81 bits per heavy atom. The monoisotopic (exact) mass is 302 g/mol. The first-order chi connectivity index (χ1) is 9.96. The molecule has 0 bridgehead atoms. The quantitative estimate of drug-likeness (QED) is 0.826. The Bertz CT molecular complexity index is 576. The minimum atomic E-state index is 0.0756. The minimum absolute atomic E-state index is 0.0756. The number of ether oxygens (including phenoxy) is 1. The fourth-order valence-electron chi connectivity index (χ4n) is 1.75. The molecule has 0 aliphatic heterocycles. The van der Waals surface area contributed by atoms with Gasteiger partial charge in [-0.3, -0.25) is 4.98 Å². The van der Waals surface area contributed by atoms with Gasteiger partial charge in [-0.2, -0.15) is 0 Å². The molecule has 0 radical (unpaired) electrons. The van der Waals surface area contributed by atoms with Crippen LogP contribution >= 0.6 is 11.8 Å². The van der Waals surface area contributed by atoms with Crippen molar-refractivity contribution in [1.82, 2.24) is 10.3 Å². The Labute approximate surface area is 131 Å². The Kier molecular flexibility index (Phi) is 5.26. The van der Waals surface area contributed by atoms with Crippen LogP contribution in [0.3, 0.4) is 0 Å². The van der Waals surface area contributed by atoms with Gasteiger partial charge in [-0.15, -0.1) is 11.8 Å². The highest BCUT2D eigenvalue weighted by Crippen LogP contribution is 2.24. The van der Waals surface area contributed by atoms with Crippen molar-refractivity contribution in [3.8, 4) is 11.5 Å². The maximum absolute atomic E-state index is 5.87. The van der Waals surface area contributed by atoms with E-state index in [2.05, 4.69) is 49.5 Å². The lowest BCUT2D eigenvalue weighted by Crippen LogP contribution is -2.35. The van der Waals surface area contributed by atoms with E-state index in [-0.39, 0.29) is 5.54 Å². The molecule has 21 heavy (non-hydrogen) atoms. The molecule has 0 amide bonds. The Morgan fingerprint density at radius 3 is 2.43 bits per heavy atom. The number of aromatic nitrogens is 1. The summed E-state index contributed by atoms with van der Waals surface area (Å²) in [5, 5.41) is 3.42. The maximum Gasteiger partial charge on any atom is 0.130 e. The predicted molar refractivity (Wildman–Crippen MR) is 89.1 cm³/mol. The zero-order chi connectivity index (χ0) is 15.3. The van der Waals surface area contributed by atoms with Gasteiger partial charge < -0.3 is 10.1 Å². The number of hydrogen-bond donors (Lipinski definition) is 1. The van der Waals surface area contributed by atoms with Gasteiger partial charge >= 0.3 is 0 Å². The van der Waals surface area contributed by atoms with Crippen LogP contribution < -0.4 is 10.1 Å². The lowest BCUT2D eigenvalue weighted by Gasteiger charge is -2.20. The van der Waals surface area contributed by atoms with Crippen LogP contribution in [-0.4, -0.2) is 16.8 Å². The molecular weight excluding hydrogens is 280 g/mol. The second kappa shape index (κ2) is 6.96. The van der Waals surface area contributed by atoms with Gasteiger partial charge in [-0.25, -0.2) is 0 Å². The third kappa shape index (κ3) is 5.40. The first kappa shape index (κ1) is 15.9. The summed E-state index contributed by atoms with van der Waals surface area (Å²) in [6.07, 6.45) is 3.85. The van der Waals surface area contributed by atoms with Gasteiger partial charge in [0.1, 0.15) is 11.5 Å². The lowest BCUT2D eigenvalue weighted by atomic mass is 10.1. The topological polar surface area (TPSA) is 34.1 Å². The van der Waals surface area contributed by atoms with Crippen molar-refractivity contribution in [2.75, 3.05) is 6.26 Å². The highest BCUT2D eigenvalue weighted by molar-refractivity contribution is 7.98. The van der Waals surface area contributed by atoms with Crippen molar-refractivity contribution >= 4 is 11.8 Å². The van der Waals surface area contributed by atoms with Crippen LogP contribution in [0.4, 0.5) is 0 Å². The first-order valence-corrected chi connectivity index (χ1v) is 8.21. The number of benzene rings is 1. The van der Waals surface area contributed by atoms with Crippen LogP contribution in [0.2, 0.25) is 0 Å². The molecule has 1 heterocycles. The van der Waals surface area contributed by atoms with Gasteiger partial charge in [0.2, 0.25) is 0 Å². The minimum Gasteiger partial charge on any atom is -0.457 e. The summed E-state index contributed by atoms with van der Waals surface area (Å²) in [6, 6.07) is 11.9. The molecule has 1 N–H and O–H groups in total. The predicted octanol–water partition coefficient (Wildman–Crippen LogP) is 4.48. The second-order valence-corrected chi connectivity index (χ2v) is 6.74. The molecule has 4 heteroatoms. The third-order valence-corrected chi connectivity index (χ3v) is 3.63. The Balaban J connectivity index is 2.03. The van der Waals surface area contributed by atoms with Gasteiger partial charge in [0.15, 0.2) is 0 Å². The van der Waals surface area contributed by atoms with Gasteiger partial charge in [-0.05, 0) is 57.4 Å². The summed E-state index contributed by atoms with van der Waals surface area (Å²) in [6.45, 7) is 7.15. The third-order valence-electron chi connectivity index (χ3n) is 2.88. The average molecular weight is 302 g/mol. The van der Waals surface area contributed by atoms with E-state index in [4.69, 9.17) is 4.74 Å². The lowest BCUT2D eigenvalue weighted by molar-refractivity contribution is 0.419. The summed E-state index contributed by atoms with van der Waals surface area (Å²) in [7, 11) is 0. The van der Waals surface area contributed by atoms with E-state index < -0.39 is 0 Å². The van der Waals surface area contributed by atoms with Crippen molar-refractivity contribution in [3.05, 3.63) is 48.3 Å². The van der Waals surface area contributed by atoms with E-state index in [1.807, 2.05) is 24.3 Å². The van der Waals surface area contributed by atoms with E-state index in [9.17, 15) is 0 Å². The molecule has 0 atom stereocenters. The van der Waals surface area contributed by atoms with Gasteiger partial charge in [-0.1, -0.05) is 0 Å². The standard InChI is InChI=1S/C17H22N2OS/c1-17(2,3)19-12-13-11-15(9-10-18-13)20-14-5-7-16(21-4)8-6-14/h5-11,19H,12H2,1-4H3. The van der Waals surface area contributed by atoms with Crippen molar-refractivity contribution in [1.29, 1.82) is 0 Å². The molecule has 3 nitrogen and oxygen atoms in total. The Hall–Kier alpha value is -1.52. The van der Waals surface area contributed by atoms with Gasteiger partial charge in [0.05, 0.1) is 5.69 Å². The van der Waals surface area contributed by atoms with Gasteiger partial charge in [0.25, 0.3) is 0 Å². The van der Waals surface area contributed by atoms with Crippen molar-refractivity contribution in [2.45, 2.75) is 37.8 Å². The van der Waals surface area contributed by atoms with E-state index >= 15 is 0 Å². The van der Waals surface area contributed by atoms with Crippen LogP contribution in [0.1, 0.15) is 26.5 Å². The molecule has 112 valence electrons. The highest BCUT2D eigenvalue weighted by Gasteiger charge is 2.09. The fourth-order valence-corrected chi connectivity index (χ4v) is 2.16. The molecule has 2 aromatic rings. The smallest absolute Gasteiger partial charge is 0.130 e. The number of nitrogens with one attached hydrogen (secondary N) is 1. The van der Waals surface area contributed by atoms with Crippen LogP contribution in [0, 0.1) is 0 Å². The molecule has 0 unspecified atom stereocenters. The average Bonchev–Trinajstić information content (AvgIpc) is 2.46. The summed E-state index contributed by atoms with van der Waals surface area (Å²) in [4.78, 5) is 5.59. The number of nitrogens with zero attached hydrogens (tertiary/aromatic N) is 1. The van der Waals surface area contributed by atoms with E-state index in [1.54, 1.807) is 18.0 Å². The van der Waals surface area contributed by atoms with E-state index in [1.165, 1.54) is 4.90 Å². The van der Waals surface area contributed by atoms with Crippen molar-refractivity contribution < 1.29 is 4.74 Å². The molecule has 0 aliphatic rings. The molecule has 2 rings (SSSR count). The summed E-state index contributed by atoms with van der Waals surface area (Å²) in [5.41, 5.74) is 1.05. The van der Waals surface area contributed by atoms with Crippen molar-refractivity contribution in [2.24, 2.45) is 0 Å². The SMILES string of the molecule is CSc1ccc(Oc2ccnc(CNC(C)(C)C)c2)cc1. The molecule has 0 aliphatic carbocycles. The number of thioether (sulfide) groups is 1. The summed E-state index contributed by atoms with van der Waals surface area (Å²) < 4.78 is 5.87. The zero-order valence-electron chi connectivity index (χ0n) is 13.0. The maximum atomic E-state index is 5.87. The normalized spacial score (nSPS) is 11.4. The van der Waals surface area contributed by atoms with Crippen LogP contribution in [0.25, 0.3) is 0 Å². The first-order valence-electron chi connectivity index (χ1n) is 6.98. The van der Waals surface area contributed by atoms with E-state index in [0.717, 1.165) is 23.7 Å². The largest absolute Gasteiger partial charge is 0.457 e. The number of pyridine rings is 1. The molecule has 1 aromatic carbocycles.